The van der Waals surface area contributed by atoms with E-state index in [2.05, 4.69) is 46.6 Å². The van der Waals surface area contributed by atoms with Crippen molar-refractivity contribution >= 4 is 6.03 Å². The van der Waals surface area contributed by atoms with Gasteiger partial charge in [-0.15, -0.1) is 0 Å². The molecule has 0 bridgehead atoms. The third-order valence-electron chi connectivity index (χ3n) is 7.22. The molecule has 0 unspecified atom stereocenters. The zero-order valence-corrected chi connectivity index (χ0v) is 23.5. The largest absolute Gasteiger partial charge is 0.490 e. The number of nitriles is 1. The van der Waals surface area contributed by atoms with E-state index < -0.39 is 0 Å². The lowest BCUT2D eigenvalue weighted by molar-refractivity contribution is 0.149. The number of rotatable bonds is 5. The molecule has 0 spiro atoms. The van der Waals surface area contributed by atoms with Crippen molar-refractivity contribution < 1.29 is 15.5 Å². The van der Waals surface area contributed by atoms with Gasteiger partial charge < -0.3 is 24.4 Å². The molecule has 1 aliphatic heterocycles. The fourth-order valence-electron chi connectivity index (χ4n) is 5.13. The maximum atomic E-state index is 11.2. The molecule has 1 fully saturated rings. The summed E-state index contributed by atoms with van der Waals surface area (Å²) in [4.78, 5) is 19.9. The number of carbonyl (C=O) groups is 1. The summed E-state index contributed by atoms with van der Waals surface area (Å²) in [6, 6.07) is 14.5. The second-order valence-electron chi connectivity index (χ2n) is 10.4. The molecule has 2 aliphatic rings. The van der Waals surface area contributed by atoms with Crippen LogP contribution < -0.4 is 10.1 Å². The molecular formula is C30H40N6O3. The van der Waals surface area contributed by atoms with Crippen molar-refractivity contribution in [3.05, 3.63) is 53.1 Å². The average Bonchev–Trinajstić information content (AvgIpc) is 3.63. The number of aromatic nitrogens is 2. The Morgan fingerprint density at radius 3 is 2.67 bits per heavy atom. The summed E-state index contributed by atoms with van der Waals surface area (Å²) in [5.74, 6) is 1.56. The Labute approximate surface area is 232 Å². The monoisotopic (exact) mass is 532 g/mol. The van der Waals surface area contributed by atoms with Crippen LogP contribution in [0, 0.1) is 11.3 Å². The van der Waals surface area contributed by atoms with Crippen molar-refractivity contribution in [3.8, 4) is 34.7 Å². The number of urea groups is 1. The lowest BCUT2D eigenvalue weighted by Gasteiger charge is -2.34. The van der Waals surface area contributed by atoms with Crippen molar-refractivity contribution in [2.75, 3.05) is 34.2 Å². The summed E-state index contributed by atoms with van der Waals surface area (Å²) in [6.07, 6.45) is 5.50. The summed E-state index contributed by atoms with van der Waals surface area (Å²) in [6.45, 7) is 5.61. The van der Waals surface area contributed by atoms with Crippen LogP contribution in [-0.4, -0.2) is 72.3 Å². The molecule has 2 aromatic carbocycles. The molecule has 1 aliphatic carbocycles. The van der Waals surface area contributed by atoms with Gasteiger partial charge in [-0.05, 0) is 89.4 Å². The van der Waals surface area contributed by atoms with Gasteiger partial charge in [-0.3, -0.25) is 0 Å². The molecule has 39 heavy (non-hydrogen) atoms. The van der Waals surface area contributed by atoms with Crippen LogP contribution in [0.2, 0.25) is 0 Å². The summed E-state index contributed by atoms with van der Waals surface area (Å²) in [5, 5.41) is 16.2. The van der Waals surface area contributed by atoms with E-state index in [1.807, 2.05) is 36.9 Å². The number of fused-ring (bicyclic) bond motifs is 1. The van der Waals surface area contributed by atoms with E-state index in [1.54, 1.807) is 19.2 Å². The van der Waals surface area contributed by atoms with Crippen LogP contribution >= 0.6 is 0 Å². The number of benzene rings is 2. The summed E-state index contributed by atoms with van der Waals surface area (Å²) in [7, 11) is 5.88. The van der Waals surface area contributed by atoms with Gasteiger partial charge in [0.25, 0.3) is 5.89 Å². The maximum Gasteiger partial charge on any atom is 0.317 e. The predicted octanol–water partition coefficient (Wildman–Crippen LogP) is 5.15. The molecule has 2 amide bonds. The second kappa shape index (κ2) is 12.8. The fourth-order valence-corrected chi connectivity index (χ4v) is 5.13. The first-order chi connectivity index (χ1) is 18.8. The first-order valence-electron chi connectivity index (χ1n) is 13.6. The van der Waals surface area contributed by atoms with Gasteiger partial charge in [0.1, 0.15) is 11.8 Å². The Morgan fingerprint density at radius 2 is 2.00 bits per heavy atom. The average molecular weight is 533 g/mol. The first-order valence-corrected chi connectivity index (χ1v) is 13.6. The summed E-state index contributed by atoms with van der Waals surface area (Å²) < 4.78 is 11.1. The lowest BCUT2D eigenvalue weighted by atomic mass is 10.0. The van der Waals surface area contributed by atoms with Crippen LogP contribution in [0.3, 0.4) is 0 Å². The molecule has 1 saturated heterocycles. The molecule has 9 nitrogen and oxygen atoms in total. The normalized spacial score (nSPS) is 15.0. The van der Waals surface area contributed by atoms with E-state index in [0.717, 1.165) is 44.3 Å². The van der Waals surface area contributed by atoms with Gasteiger partial charge in [-0.1, -0.05) is 23.4 Å². The molecule has 0 radical (unpaired) electrons. The number of hydrogen-bond donors (Lipinski definition) is 1. The van der Waals surface area contributed by atoms with E-state index >= 15 is 0 Å². The number of aryl methyl sites for hydroxylation is 1. The molecule has 3 aromatic rings. The van der Waals surface area contributed by atoms with Gasteiger partial charge in [0.2, 0.25) is 5.82 Å². The molecule has 1 N–H and O–H groups in total. The lowest BCUT2D eigenvalue weighted by Crippen LogP contribution is -2.47. The second-order valence-corrected chi connectivity index (χ2v) is 10.4. The number of nitrogens with zero attached hydrogens (tertiary/aromatic N) is 5. The minimum atomic E-state index is 0. The number of nitrogens with one attached hydrogen (secondary N) is 1. The molecule has 2 heterocycles. The van der Waals surface area contributed by atoms with Crippen LogP contribution in [-0.2, 0) is 12.8 Å². The van der Waals surface area contributed by atoms with Crippen molar-refractivity contribution in [3.63, 3.8) is 0 Å². The van der Waals surface area contributed by atoms with E-state index in [1.165, 1.54) is 17.5 Å². The Bertz CT molecular complexity index is 1330. The number of amides is 2. The number of likely N-dealkylation sites (tertiary alicyclic amines) is 1. The van der Waals surface area contributed by atoms with Crippen LogP contribution in [0.15, 0.2) is 40.9 Å². The highest BCUT2D eigenvalue weighted by atomic mass is 16.5. The summed E-state index contributed by atoms with van der Waals surface area (Å²) in [5.41, 5.74) is 4.89. The van der Waals surface area contributed by atoms with Gasteiger partial charge in [0, 0.05) is 38.7 Å². The Balaban J connectivity index is 0.000000268. The molecule has 5 rings (SSSR count). The van der Waals surface area contributed by atoms with Crippen LogP contribution in [0.25, 0.3) is 22.8 Å². The van der Waals surface area contributed by atoms with E-state index in [4.69, 9.17) is 9.26 Å². The SMILES string of the molecule is CC(C)Oc1ccc(-c2nc(-c3cccc4c3CCC4)no2)cc1C#N.CNC(=O)N1CCC(N(C)C)CC1.[HH]. The molecule has 0 atom stereocenters. The van der Waals surface area contributed by atoms with Crippen molar-refractivity contribution in [2.24, 2.45) is 0 Å². The van der Waals surface area contributed by atoms with Crippen LogP contribution in [0.1, 0.15) is 51.2 Å². The number of hydrogen-bond acceptors (Lipinski definition) is 7. The van der Waals surface area contributed by atoms with Crippen LogP contribution in [0.5, 0.6) is 5.75 Å². The zero-order chi connectivity index (χ0) is 27.9. The van der Waals surface area contributed by atoms with Gasteiger partial charge >= 0.3 is 6.03 Å². The first kappa shape index (κ1) is 28.1. The number of carbonyl (C=O) groups excluding carboxylic acids is 1. The van der Waals surface area contributed by atoms with Gasteiger partial charge in [-0.25, -0.2) is 4.79 Å². The van der Waals surface area contributed by atoms with E-state index in [0.29, 0.717) is 34.6 Å². The molecule has 1 aromatic heterocycles. The van der Waals surface area contributed by atoms with E-state index in [-0.39, 0.29) is 13.6 Å². The zero-order valence-electron chi connectivity index (χ0n) is 23.5. The molecule has 0 saturated carbocycles. The van der Waals surface area contributed by atoms with Crippen molar-refractivity contribution in [2.45, 2.75) is 58.1 Å². The van der Waals surface area contributed by atoms with Crippen molar-refractivity contribution in [1.82, 2.24) is 25.3 Å². The van der Waals surface area contributed by atoms with Crippen molar-refractivity contribution in [1.29, 1.82) is 5.26 Å². The maximum absolute atomic E-state index is 11.2. The highest BCUT2D eigenvalue weighted by molar-refractivity contribution is 5.73. The smallest absolute Gasteiger partial charge is 0.317 e. The van der Waals surface area contributed by atoms with E-state index in [9.17, 15) is 10.1 Å². The topological polar surface area (TPSA) is 108 Å². The molecular weight excluding hydrogens is 492 g/mol. The number of piperidine rings is 1. The minimum absolute atomic E-state index is 0. The third-order valence-corrected chi connectivity index (χ3v) is 7.22. The Kier molecular flexibility index (Phi) is 9.20. The Hall–Kier alpha value is -3.90. The standard InChI is InChI=1S/C21H19N3O2.C9H19N3O.H2/c1-13(2)25-19-10-9-15(11-16(19)12-22)21-23-20(24-26-21)18-8-4-6-14-5-3-7-17(14)18;1-10-9(13)12-6-4-8(5-7-12)11(2)3;/h4,6,8-11,13H,3,5,7H2,1-2H3;8H,4-7H2,1-3H3,(H,10,13);1H. The highest BCUT2D eigenvalue weighted by Crippen LogP contribution is 2.33. The summed E-state index contributed by atoms with van der Waals surface area (Å²) >= 11 is 0. The molecule has 208 valence electrons. The highest BCUT2D eigenvalue weighted by Gasteiger charge is 2.23. The van der Waals surface area contributed by atoms with Gasteiger partial charge in [0.05, 0.1) is 11.7 Å². The van der Waals surface area contributed by atoms with Gasteiger partial charge in [0.15, 0.2) is 0 Å². The predicted molar refractivity (Wildman–Crippen MR) is 153 cm³/mol. The Morgan fingerprint density at radius 1 is 1.23 bits per heavy atom. The number of ether oxygens (including phenoxy) is 1. The quantitative estimate of drug-likeness (QED) is 0.484. The fraction of sp³-hybridized carbons (Fsp3) is 0.467. The molecule has 9 heteroatoms. The van der Waals surface area contributed by atoms with Gasteiger partial charge in [-0.2, -0.15) is 10.2 Å². The third kappa shape index (κ3) is 6.76. The van der Waals surface area contributed by atoms with Crippen LogP contribution in [0.4, 0.5) is 4.79 Å². The minimum Gasteiger partial charge on any atom is -0.490 e.